The number of aliphatic hydroxyl groups is 1. The molecule has 2 saturated heterocycles. The van der Waals surface area contributed by atoms with Gasteiger partial charge in [-0.15, -0.1) is 11.8 Å². The van der Waals surface area contributed by atoms with E-state index in [1.807, 2.05) is 13.8 Å². The molecule has 0 bridgehead atoms. The highest BCUT2D eigenvalue weighted by Gasteiger charge is 2.45. The van der Waals surface area contributed by atoms with Crippen molar-refractivity contribution in [3.63, 3.8) is 0 Å². The van der Waals surface area contributed by atoms with Gasteiger partial charge < -0.3 is 126 Å². The molecule has 6 aromatic rings. The predicted octanol–water partition coefficient (Wildman–Crippen LogP) is -1.81. The van der Waals surface area contributed by atoms with Gasteiger partial charge in [0.05, 0.1) is 31.7 Å². The molecule has 2 aliphatic heterocycles. The molecule has 3 aromatic heterocycles. The normalized spacial score (nSPS) is 23.9. The van der Waals surface area contributed by atoms with E-state index in [0.717, 1.165) is 37.8 Å². The summed E-state index contributed by atoms with van der Waals surface area (Å²) in [5.41, 5.74) is 20.0. The Morgan fingerprint density at radius 2 is 1.03 bits per heavy atom. The Bertz CT molecular complexity index is 5340. The highest BCUT2D eigenvalue weighted by Crippen LogP contribution is 2.28. The second-order valence-electron chi connectivity index (χ2n) is 36.2. The van der Waals surface area contributed by atoms with Crippen LogP contribution in [-0.4, -0.2) is 307 Å². The van der Waals surface area contributed by atoms with Gasteiger partial charge in [-0.1, -0.05) is 127 Å². The van der Waals surface area contributed by atoms with Crippen LogP contribution in [0, 0.1) is 17.2 Å². The van der Waals surface area contributed by atoms with Gasteiger partial charge in [0.25, 0.3) is 0 Å². The molecule has 44 nitrogen and oxygen atoms in total. The Balaban J connectivity index is 1.11. The number of guanidine groups is 1. The Hall–Kier alpha value is -14.0. The number of hydrogen-bond acceptors (Lipinski definition) is 22. The van der Waals surface area contributed by atoms with Crippen LogP contribution in [0.1, 0.15) is 160 Å². The fourth-order valence-corrected chi connectivity index (χ4v) is 17.8. The first-order valence-electron chi connectivity index (χ1n) is 47.5. The number of aromatic amines is 3. The highest BCUT2D eigenvalue weighted by atomic mass is 32.2. The van der Waals surface area contributed by atoms with Crippen molar-refractivity contribution in [2.75, 3.05) is 65.4 Å². The number of primary amides is 2. The quantitative estimate of drug-likeness (QED) is 0.0134. The third-order valence-electron chi connectivity index (χ3n) is 25.2. The molecule has 3 fully saturated rings. The largest absolute Gasteiger partial charge is 0.394 e. The molecule has 5 heterocycles. The van der Waals surface area contributed by atoms with Gasteiger partial charge in [0.15, 0.2) is 5.96 Å². The number of unbranched alkanes of at least 4 members (excludes halogenated alkanes) is 2. The van der Waals surface area contributed by atoms with E-state index in [4.69, 9.17) is 22.6 Å². The molecule has 3 aliphatic rings. The average Bonchev–Trinajstić information content (AvgIpc) is 1.55. The lowest BCUT2D eigenvalue weighted by Crippen LogP contribution is -2.62. The molecule has 1 saturated carbocycles. The van der Waals surface area contributed by atoms with E-state index in [0.29, 0.717) is 82.7 Å². The summed E-state index contributed by atoms with van der Waals surface area (Å²) in [7, 11) is 3.95. The molecule has 140 heavy (non-hydrogen) atoms. The predicted molar refractivity (Wildman–Crippen MR) is 519 cm³/mol. The van der Waals surface area contributed by atoms with Crippen molar-refractivity contribution in [3.05, 3.63) is 126 Å². The minimum Gasteiger partial charge on any atom is -0.394 e. The van der Waals surface area contributed by atoms with Crippen LogP contribution in [0.25, 0.3) is 21.8 Å². The highest BCUT2D eigenvalue weighted by molar-refractivity contribution is 8.00. The second kappa shape index (κ2) is 53.8. The van der Waals surface area contributed by atoms with Crippen LogP contribution in [0.2, 0.25) is 0 Å². The Kier molecular flexibility index (Phi) is 42.1. The third-order valence-corrected chi connectivity index (χ3v) is 26.3. The van der Waals surface area contributed by atoms with Crippen LogP contribution in [-0.2, 0) is 112 Å². The molecule has 0 unspecified atom stereocenters. The Labute approximate surface area is 815 Å². The molecular formula is C95H135N25O19S. The summed E-state index contributed by atoms with van der Waals surface area (Å²) >= 11 is 0.790. The van der Waals surface area contributed by atoms with Gasteiger partial charge in [-0.3, -0.25) is 91.7 Å². The summed E-state index contributed by atoms with van der Waals surface area (Å²) in [5, 5.41) is 55.3. The van der Waals surface area contributed by atoms with E-state index in [1.165, 1.54) is 40.6 Å². The second-order valence-corrected chi connectivity index (χ2v) is 37.2. The van der Waals surface area contributed by atoms with Crippen molar-refractivity contribution < 1.29 is 91.4 Å². The number of nitrogens with one attached hydrogen (secondary N) is 17. The average molecular weight is 1960 g/mol. The van der Waals surface area contributed by atoms with Crippen molar-refractivity contribution in [2.24, 2.45) is 29.0 Å². The van der Waals surface area contributed by atoms with Crippen molar-refractivity contribution in [3.8, 4) is 0 Å². The van der Waals surface area contributed by atoms with Crippen LogP contribution in [0.3, 0.4) is 0 Å². The number of amides is 18. The van der Waals surface area contributed by atoms with Crippen LogP contribution in [0.15, 0.2) is 104 Å². The van der Waals surface area contributed by atoms with Crippen molar-refractivity contribution >= 4 is 146 Å². The number of benzene rings is 3. The molecule has 18 amide bonds. The maximum absolute atomic E-state index is 15.8. The van der Waals surface area contributed by atoms with Crippen LogP contribution < -0.4 is 86.3 Å². The topological polar surface area (TPSA) is 659 Å². The van der Waals surface area contributed by atoms with E-state index in [2.05, 4.69) is 89.1 Å². The zero-order valence-corrected chi connectivity index (χ0v) is 81.1. The number of aliphatic hydroxyl groups excluding tert-OH is 1. The lowest BCUT2D eigenvalue weighted by molar-refractivity contribution is -0.149. The summed E-state index contributed by atoms with van der Waals surface area (Å²) in [6, 6.07) is 0.651. The molecule has 9 rings (SSSR count). The number of carbonyl (C=O) groups is 18. The molecular weight excluding hydrogens is 1830 g/mol. The molecule has 3 aromatic carbocycles. The monoisotopic (exact) mass is 1960 g/mol. The Morgan fingerprint density at radius 1 is 0.500 bits per heavy atom. The summed E-state index contributed by atoms with van der Waals surface area (Å²) in [5.74, 6) is -18.4. The number of rotatable bonds is 30. The fraction of sp³-hybridized carbons (Fsp3) is 0.537. The lowest BCUT2D eigenvalue weighted by atomic mass is 9.85. The number of likely N-dealkylation sites (N-methyl/N-ethyl adjacent to an activating group) is 3. The number of nitrogens with zero attached hydrogens (tertiary/aromatic N) is 5. The van der Waals surface area contributed by atoms with Gasteiger partial charge >= 0.3 is 0 Å². The van der Waals surface area contributed by atoms with Gasteiger partial charge in [-0.25, -0.2) is 4.98 Å². The minimum absolute atomic E-state index is 0.00745. The van der Waals surface area contributed by atoms with Crippen LogP contribution in [0.4, 0.5) is 0 Å². The van der Waals surface area contributed by atoms with E-state index < -0.39 is 222 Å². The summed E-state index contributed by atoms with van der Waals surface area (Å²) in [6.07, 6.45) is 7.27. The number of imidazole rings is 1. The SMILES string of the molecule is CCCC[C@H]1C(=O)N(C)[C@@H](CCCC)C(=O)N[C@@H](CCCNC(=N)N)C(=O)N[C@H](C(=O)NCC(N)=O)CSCC(=O)N[C@@H](Cc2ccccc2)C(=O)N(C)[C@@H](C)C(=O)N[C@@H](CC(N)=O)C(=O)N2CCC[C@H]2C(=O)N[C@@H](Cc2cnc[nH]2)C(=O)N[C@@H](CC(C)C)C(=O)N[C@@H](CCNC(=O)C2CCC2)C(=O)N[C@@H](Cc2c[nH]c3ccccc23)C(=O)N[C@@H](CO)C(=O)N[C@@H](Cc2c[nH]c3ccccc23)C(=O)N1C. The molecule has 24 N–H and O–H groups in total. The maximum atomic E-state index is 15.8. The van der Waals surface area contributed by atoms with Crippen molar-refractivity contribution in [1.82, 2.24) is 109 Å². The van der Waals surface area contributed by atoms with E-state index in [1.54, 1.807) is 105 Å². The number of aromatic nitrogens is 4. The first-order valence-corrected chi connectivity index (χ1v) is 48.7. The fourth-order valence-electron chi connectivity index (χ4n) is 17.0. The third kappa shape index (κ3) is 31.8. The zero-order valence-electron chi connectivity index (χ0n) is 80.3. The molecule has 760 valence electrons. The van der Waals surface area contributed by atoms with Gasteiger partial charge in [0.2, 0.25) is 106 Å². The maximum Gasteiger partial charge on any atom is 0.246 e. The first-order chi connectivity index (χ1) is 66.9. The zero-order chi connectivity index (χ0) is 102. The van der Waals surface area contributed by atoms with E-state index in [9.17, 15) is 53.1 Å². The molecule has 1 aliphatic carbocycles. The number of hydrogen-bond donors (Lipinski definition) is 21. The first kappa shape index (κ1) is 110. The number of carbonyl (C=O) groups excluding carboxylic acids is 18. The van der Waals surface area contributed by atoms with E-state index in [-0.39, 0.29) is 114 Å². The summed E-state index contributed by atoms with van der Waals surface area (Å²) in [6.45, 7) is 6.33. The van der Waals surface area contributed by atoms with Gasteiger partial charge in [-0.2, -0.15) is 0 Å². The smallest absolute Gasteiger partial charge is 0.246 e. The Morgan fingerprint density at radius 3 is 1.63 bits per heavy atom. The number of nitrogens with two attached hydrogens (primary N) is 3. The molecule has 0 radical (unpaired) electrons. The van der Waals surface area contributed by atoms with Gasteiger partial charge in [0.1, 0.15) is 84.6 Å². The molecule has 45 heteroatoms. The molecule has 14 atom stereocenters. The molecule has 0 spiro atoms. The standard InChI is InChI=1S/C95H135N25O19S/c1-9-11-32-74-89(134)109-64(31-21-36-102-95(98)99)83(128)116-73(82(127)105-48-78(97)123)50-140-51-79(124)107-69(40-55-23-14-13-15-24-55)91(136)117(6)54(5)80(125)113-71(44-77(96)122)93(138)120-38-22-34-75(120)90(135)112-68(43-59-47-100-52-106-59)87(132)110-66(39-53(3)4)85(130)108-65(35-37-101-81(126)56-25-20-26-56)84(129)111-67(41-57-45-103-62-29-18-16-27-60(57)62)86(131)115-72(49-121)88(133)114-70(42-58-46-104-63-30-19-17-28-61(58)63)92(137)119(8)76(33-12-10-2)94(139)118(74)7/h13-19,23-24,27-30,45-47,52-54,56,64-76,103-104,121H,9-12,20-22,25-26,31-44,48-51H2,1-8H3,(H2,96,122)(H2,97,123)(H,100,106)(H,101,126)(H,105,127)(H,107,124)(H,108,130)(H,109,134)(H,110,132)(H,111,129)(H,112,135)(H,113,125)(H,114,133)(H,115,131)(H,116,128)(H4,98,99,102)/t54-,64-,65-,66-,67-,68-,69-,70-,71-,72-,73-,74-,75-,76-/m0/s1. The number of H-pyrrole nitrogens is 3. The van der Waals surface area contributed by atoms with Crippen molar-refractivity contribution in [2.45, 2.75) is 248 Å². The van der Waals surface area contributed by atoms with Gasteiger partial charge in [0, 0.05) is 124 Å². The van der Waals surface area contributed by atoms with Crippen LogP contribution in [0.5, 0.6) is 0 Å². The minimum atomic E-state index is -1.91. The summed E-state index contributed by atoms with van der Waals surface area (Å²) in [4.78, 5) is 283. The van der Waals surface area contributed by atoms with Crippen molar-refractivity contribution in [1.29, 1.82) is 5.41 Å². The number of thioether (sulfide) groups is 1. The number of fused-ring (bicyclic) bond motifs is 3. The van der Waals surface area contributed by atoms with E-state index >= 15 is 38.4 Å². The van der Waals surface area contributed by atoms with Crippen LogP contribution >= 0.6 is 11.8 Å². The van der Waals surface area contributed by atoms with Gasteiger partial charge in [-0.05, 0) is 106 Å². The number of para-hydroxylation sites is 2. The lowest BCUT2D eigenvalue weighted by Gasteiger charge is -2.36. The summed E-state index contributed by atoms with van der Waals surface area (Å²) < 4.78 is 0.